The van der Waals surface area contributed by atoms with E-state index in [1.807, 2.05) is 0 Å². The van der Waals surface area contributed by atoms with Gasteiger partial charge in [-0.15, -0.1) is 0 Å². The predicted molar refractivity (Wildman–Crippen MR) is 284 cm³/mol. The van der Waals surface area contributed by atoms with E-state index in [4.69, 9.17) is 4.74 Å². The van der Waals surface area contributed by atoms with Gasteiger partial charge in [0.2, 0.25) is 0 Å². The number of fused-ring (bicyclic) bond motifs is 1. The lowest BCUT2D eigenvalue weighted by molar-refractivity contribution is -0.151. The van der Waals surface area contributed by atoms with Gasteiger partial charge < -0.3 is 14.1 Å². The van der Waals surface area contributed by atoms with E-state index in [0.29, 0.717) is 12.8 Å². The Hall–Kier alpha value is -5.99. The minimum absolute atomic E-state index is 0.130. The topological polar surface area (TPSA) is 32.8 Å². The van der Waals surface area contributed by atoms with Gasteiger partial charge in [0.1, 0.15) is 0 Å². The second-order valence-electron chi connectivity index (χ2n) is 18.4. The zero-order chi connectivity index (χ0) is 45.4. The van der Waals surface area contributed by atoms with Gasteiger partial charge in [0.05, 0.1) is 12.5 Å². The van der Waals surface area contributed by atoms with Crippen LogP contribution in [-0.2, 0) is 35.3 Å². The van der Waals surface area contributed by atoms with E-state index in [2.05, 4.69) is 219 Å². The zero-order valence-electron chi connectivity index (χ0n) is 38.7. The van der Waals surface area contributed by atoms with Crippen molar-refractivity contribution in [1.82, 2.24) is 0 Å². The van der Waals surface area contributed by atoms with Crippen LogP contribution in [0.2, 0.25) is 0 Å². The largest absolute Gasteiger partial charge is 0.469 e. The van der Waals surface area contributed by atoms with Gasteiger partial charge >= 0.3 is 13.0 Å². The standard InChI is InChI=1S/C59H57BN2O2P2/c1-42-37-46-25-21-35-54-56(46)55(38-42)61(41-45-23-11-6-12-24-45)60(62(54)66(49-30-17-9-18-31-49)50-32-19-10-20-33-50)57-44(3)53-40-59(4,58(63)64-5)39-52(53)43(2)51(57)34-22-36-65(47-26-13-7-14-27-47)48-28-15-8-16-29-48/h6-21,23-33,35,37-38H,22,34,36,39-41H2,1-5H3. The quantitative estimate of drug-likeness (QED) is 0.0656. The molecular formula is C59H57BN2O2P2. The molecule has 0 saturated carbocycles. The number of carbonyl (C=O) groups excluding carboxylic acids is 1. The molecule has 328 valence electrons. The molecule has 0 aromatic heterocycles. The summed E-state index contributed by atoms with van der Waals surface area (Å²) in [5.41, 5.74) is 12.5. The fourth-order valence-electron chi connectivity index (χ4n) is 11.0. The summed E-state index contributed by atoms with van der Waals surface area (Å²) >= 11 is 0. The molecule has 4 nitrogen and oxygen atoms in total. The Balaban J connectivity index is 1.24. The Bertz CT molecular complexity index is 2930. The lowest BCUT2D eigenvalue weighted by Crippen LogP contribution is -2.63. The van der Waals surface area contributed by atoms with Crippen LogP contribution >= 0.6 is 16.0 Å². The van der Waals surface area contributed by atoms with Crippen LogP contribution in [0.25, 0.3) is 10.8 Å². The van der Waals surface area contributed by atoms with Crippen LogP contribution in [0.3, 0.4) is 0 Å². The van der Waals surface area contributed by atoms with Crippen LogP contribution in [0.15, 0.2) is 182 Å². The molecule has 1 atom stereocenters. The number of rotatable bonds is 13. The molecule has 0 spiro atoms. The second kappa shape index (κ2) is 18.7. The van der Waals surface area contributed by atoms with Crippen molar-refractivity contribution in [2.75, 3.05) is 22.7 Å². The fourth-order valence-corrected chi connectivity index (χ4v) is 15.9. The monoisotopic (exact) mass is 898 g/mol. The van der Waals surface area contributed by atoms with E-state index in [1.54, 1.807) is 7.11 Å². The van der Waals surface area contributed by atoms with E-state index in [1.165, 1.54) is 87.8 Å². The molecule has 10 rings (SSSR count). The van der Waals surface area contributed by atoms with Gasteiger partial charge in [0, 0.05) is 31.4 Å². The Morgan fingerprint density at radius 1 is 0.636 bits per heavy atom. The van der Waals surface area contributed by atoms with Crippen LogP contribution in [0, 0.1) is 26.2 Å². The highest BCUT2D eigenvalue weighted by Crippen LogP contribution is 2.53. The molecule has 1 aliphatic carbocycles. The summed E-state index contributed by atoms with van der Waals surface area (Å²) in [6, 6.07) is 67.5. The summed E-state index contributed by atoms with van der Waals surface area (Å²) in [6.07, 6.45) is 4.36. The SMILES string of the molecule is COC(=O)C1(C)Cc2c(C)c(CCCP(c3ccccc3)c3ccccc3)c(B3N(Cc4ccccc4)c4cc(C)cc5cccc(c45)N3P(c3ccccc3)c3ccccc3)c(C)c2C1. The Kier molecular flexibility index (Phi) is 12.4. The lowest BCUT2D eigenvalue weighted by Gasteiger charge is -2.49. The molecule has 66 heavy (non-hydrogen) atoms. The number of nitrogens with zero attached hydrogens (tertiary/aromatic N) is 2. The van der Waals surface area contributed by atoms with E-state index >= 15 is 0 Å². The summed E-state index contributed by atoms with van der Waals surface area (Å²) in [5.74, 6) is -0.130. The van der Waals surface area contributed by atoms with Gasteiger partial charge in [-0.3, -0.25) is 4.79 Å². The number of anilines is 2. The number of carbonyl (C=O) groups is 1. The van der Waals surface area contributed by atoms with E-state index < -0.39 is 21.4 Å². The Labute approximate surface area is 394 Å². The molecule has 0 fully saturated rings. The van der Waals surface area contributed by atoms with Gasteiger partial charge in [0.25, 0.3) is 0 Å². The highest BCUT2D eigenvalue weighted by Gasteiger charge is 2.49. The third kappa shape index (κ3) is 8.16. The average Bonchev–Trinajstić information content (AvgIpc) is 3.74. The molecule has 1 heterocycles. The second-order valence-corrected chi connectivity index (χ2v) is 22.8. The molecule has 8 aromatic rings. The maximum Gasteiger partial charge on any atom is 0.416 e. The first-order valence-electron chi connectivity index (χ1n) is 23.4. The fraction of sp³-hybridized carbons (Fsp3) is 0.203. The molecule has 7 heteroatoms. The van der Waals surface area contributed by atoms with Crippen LogP contribution in [0.4, 0.5) is 11.4 Å². The Morgan fingerprint density at radius 3 is 1.73 bits per heavy atom. The highest BCUT2D eigenvalue weighted by atomic mass is 31.1. The van der Waals surface area contributed by atoms with Crippen molar-refractivity contribution >= 4 is 77.8 Å². The van der Waals surface area contributed by atoms with Crippen LogP contribution in [0.5, 0.6) is 0 Å². The minimum Gasteiger partial charge on any atom is -0.469 e. The molecule has 8 aromatic carbocycles. The summed E-state index contributed by atoms with van der Waals surface area (Å²) in [6.45, 7) is 9.63. The third-order valence-corrected chi connectivity index (χ3v) is 19.1. The summed E-state index contributed by atoms with van der Waals surface area (Å²) in [7, 11) is -0.165. The molecule has 0 amide bonds. The lowest BCUT2D eigenvalue weighted by atomic mass is 9.58. The first-order valence-corrected chi connectivity index (χ1v) is 26.2. The minimum atomic E-state index is -1.13. The number of esters is 1. The van der Waals surface area contributed by atoms with Crippen molar-refractivity contribution in [1.29, 1.82) is 0 Å². The maximum absolute atomic E-state index is 13.8. The van der Waals surface area contributed by atoms with E-state index in [9.17, 15) is 4.79 Å². The first kappa shape index (κ1) is 43.9. The highest BCUT2D eigenvalue weighted by molar-refractivity contribution is 7.76. The van der Waals surface area contributed by atoms with Gasteiger partial charge in [-0.1, -0.05) is 170 Å². The summed E-state index contributed by atoms with van der Waals surface area (Å²) in [4.78, 5) is 16.5. The zero-order valence-corrected chi connectivity index (χ0v) is 40.5. The first-order chi connectivity index (χ1) is 32.2. The number of hydrogen-bond acceptors (Lipinski definition) is 4. The predicted octanol–water partition coefficient (Wildman–Crippen LogP) is 11.4. The Morgan fingerprint density at radius 2 is 1.17 bits per heavy atom. The molecular weight excluding hydrogens is 841 g/mol. The number of benzene rings is 8. The van der Waals surface area contributed by atoms with Gasteiger partial charge in [-0.2, -0.15) is 0 Å². The van der Waals surface area contributed by atoms with Crippen molar-refractivity contribution in [3.8, 4) is 0 Å². The van der Waals surface area contributed by atoms with Crippen molar-refractivity contribution in [2.24, 2.45) is 5.41 Å². The number of hydrogen-bond donors (Lipinski definition) is 0. The van der Waals surface area contributed by atoms with Gasteiger partial charge in [-0.25, -0.2) is 0 Å². The molecule has 0 saturated heterocycles. The molecule has 0 radical (unpaired) electrons. The van der Waals surface area contributed by atoms with Crippen molar-refractivity contribution in [3.05, 3.63) is 221 Å². The summed E-state index contributed by atoms with van der Waals surface area (Å²) in [5, 5.41) is 8.00. The van der Waals surface area contributed by atoms with E-state index in [0.717, 1.165) is 25.5 Å². The van der Waals surface area contributed by atoms with Crippen molar-refractivity contribution in [3.63, 3.8) is 0 Å². The van der Waals surface area contributed by atoms with Gasteiger partial charge in [-0.05, 0) is 151 Å². The van der Waals surface area contributed by atoms with Gasteiger partial charge in [0.15, 0.2) is 0 Å². The molecule has 0 N–H and O–H groups in total. The van der Waals surface area contributed by atoms with Crippen molar-refractivity contribution in [2.45, 2.75) is 59.9 Å². The van der Waals surface area contributed by atoms with Crippen molar-refractivity contribution < 1.29 is 9.53 Å². The number of methoxy groups -OCH3 is 1. The van der Waals surface area contributed by atoms with Crippen LogP contribution in [-0.4, -0.2) is 26.2 Å². The molecule has 2 aliphatic rings. The normalized spacial score (nSPS) is 15.5. The molecule has 1 aliphatic heterocycles. The summed E-state index contributed by atoms with van der Waals surface area (Å²) < 4.78 is 8.40. The third-order valence-electron chi connectivity index (χ3n) is 14.0. The number of ether oxygens (including phenoxy) is 1. The van der Waals surface area contributed by atoms with Crippen LogP contribution in [0.1, 0.15) is 52.3 Å². The van der Waals surface area contributed by atoms with E-state index in [-0.39, 0.29) is 13.0 Å². The molecule has 1 unspecified atom stereocenters. The maximum atomic E-state index is 13.8. The smallest absolute Gasteiger partial charge is 0.416 e. The average molecular weight is 899 g/mol. The number of aryl methyl sites for hydroxylation is 1. The van der Waals surface area contributed by atoms with Crippen LogP contribution < -0.4 is 36.1 Å². The molecule has 0 bridgehead atoms.